The van der Waals surface area contributed by atoms with Gasteiger partial charge in [0.2, 0.25) is 5.91 Å². The molecule has 0 spiro atoms. The molecule has 7 heteroatoms. The van der Waals surface area contributed by atoms with E-state index in [-0.39, 0.29) is 0 Å². The molecule has 0 fully saturated rings. The number of rotatable bonds is 3. The van der Waals surface area contributed by atoms with Crippen LogP contribution in [0.4, 0.5) is 11.5 Å². The fourth-order valence-corrected chi connectivity index (χ4v) is 4.68. The Bertz CT molecular complexity index is 1080. The van der Waals surface area contributed by atoms with Crippen LogP contribution in [0.5, 0.6) is 0 Å². The highest BCUT2D eigenvalue weighted by Crippen LogP contribution is 2.30. The van der Waals surface area contributed by atoms with Crippen molar-refractivity contribution >= 4 is 39.1 Å². The minimum atomic E-state index is -1.05. The topological polar surface area (TPSA) is 82.5 Å². The number of pyridine rings is 1. The molecular formula is C21H21N3O3S. The van der Waals surface area contributed by atoms with Gasteiger partial charge < -0.3 is 15.3 Å². The van der Waals surface area contributed by atoms with E-state index >= 15 is 0 Å². The quantitative estimate of drug-likeness (QED) is 0.712. The van der Waals surface area contributed by atoms with Gasteiger partial charge in [-0.05, 0) is 30.7 Å². The lowest BCUT2D eigenvalue weighted by atomic mass is 10.1. The number of amides is 1. The Kier molecular flexibility index (Phi) is 5.11. The Morgan fingerprint density at radius 3 is 2.89 bits per heavy atom. The van der Waals surface area contributed by atoms with Crippen LogP contribution in [0, 0.1) is 6.92 Å². The highest BCUT2D eigenvalue weighted by Gasteiger charge is 2.21. The molecule has 28 heavy (non-hydrogen) atoms. The predicted molar refractivity (Wildman–Crippen MR) is 111 cm³/mol. The summed E-state index contributed by atoms with van der Waals surface area (Å²) in [6.07, 6.45) is 0. The molecule has 0 saturated carbocycles. The number of aromatic nitrogens is 1. The van der Waals surface area contributed by atoms with Crippen molar-refractivity contribution in [3.05, 3.63) is 59.7 Å². The summed E-state index contributed by atoms with van der Waals surface area (Å²) in [6, 6.07) is 15.5. The molecule has 1 unspecified atom stereocenters. The van der Waals surface area contributed by atoms with Crippen LogP contribution in [-0.2, 0) is 22.1 Å². The van der Waals surface area contributed by atoms with E-state index in [1.165, 1.54) is 0 Å². The lowest BCUT2D eigenvalue weighted by Crippen LogP contribution is -2.26. The van der Waals surface area contributed by atoms with Crippen LogP contribution in [-0.4, -0.2) is 39.1 Å². The number of benzene rings is 2. The molecule has 0 radical (unpaired) electrons. The molecular weight excluding hydrogens is 374 g/mol. The number of hydrogen-bond acceptors (Lipinski definition) is 5. The van der Waals surface area contributed by atoms with E-state index in [0.717, 1.165) is 26.9 Å². The normalized spacial score (nSPS) is 16.5. The van der Waals surface area contributed by atoms with E-state index in [1.54, 1.807) is 0 Å². The molecule has 1 aliphatic heterocycles. The zero-order chi connectivity index (χ0) is 19.7. The first kappa shape index (κ1) is 18.6. The van der Waals surface area contributed by atoms with Crippen molar-refractivity contribution in [1.82, 2.24) is 4.98 Å². The number of nitrogens with one attached hydrogen (secondary N) is 1. The number of hydrogen-bond donors (Lipinski definition) is 2. The molecule has 2 N–H and O–H groups in total. The van der Waals surface area contributed by atoms with Gasteiger partial charge in [0.15, 0.2) is 0 Å². The minimum Gasteiger partial charge on any atom is -0.387 e. The molecule has 6 nitrogen and oxygen atoms in total. The number of carbonyl (C=O) groups is 1. The number of nitrogens with zero attached hydrogens (tertiary/aromatic N) is 2. The van der Waals surface area contributed by atoms with E-state index in [2.05, 4.69) is 10.2 Å². The molecule has 3 aromatic rings. The maximum atomic E-state index is 12.6. The van der Waals surface area contributed by atoms with Crippen molar-refractivity contribution < 1.29 is 14.1 Å². The SMILES string of the molecule is Cc1ccc2nc(N3CCS(=O)c4ccccc4C3)cc(NC(=O)CO)c2c1. The van der Waals surface area contributed by atoms with Crippen LogP contribution in [0.2, 0.25) is 0 Å². The third-order valence-electron chi connectivity index (χ3n) is 4.82. The van der Waals surface area contributed by atoms with E-state index in [4.69, 9.17) is 10.1 Å². The standard InChI is InChI=1S/C21H21N3O3S/c1-14-6-7-17-16(10-14)18(23-21(26)13-25)11-20(22-17)24-8-9-28(27)19-5-3-2-4-15(19)12-24/h2-7,10-11,25H,8-9,12-13H2,1H3,(H,22,23,26). The Labute approximate surface area is 165 Å². The van der Waals surface area contributed by atoms with Gasteiger partial charge in [-0.25, -0.2) is 4.98 Å². The lowest BCUT2D eigenvalue weighted by Gasteiger charge is -2.23. The van der Waals surface area contributed by atoms with Crippen molar-refractivity contribution in [3.8, 4) is 0 Å². The predicted octanol–water partition coefficient (Wildman–Crippen LogP) is 2.60. The van der Waals surface area contributed by atoms with E-state index in [9.17, 15) is 9.00 Å². The summed E-state index contributed by atoms with van der Waals surface area (Å²) < 4.78 is 12.6. The average Bonchev–Trinajstić information content (AvgIpc) is 2.87. The van der Waals surface area contributed by atoms with Gasteiger partial charge in [-0.15, -0.1) is 0 Å². The van der Waals surface area contributed by atoms with Crippen molar-refractivity contribution in [2.75, 3.05) is 29.1 Å². The molecule has 1 aliphatic rings. The number of carbonyl (C=O) groups excluding carboxylic acids is 1. The van der Waals surface area contributed by atoms with Crippen molar-refractivity contribution in [2.45, 2.75) is 18.4 Å². The fraction of sp³-hybridized carbons (Fsp3) is 0.238. The number of anilines is 2. The van der Waals surface area contributed by atoms with E-state index < -0.39 is 23.3 Å². The molecule has 1 amide bonds. The van der Waals surface area contributed by atoms with Gasteiger partial charge in [-0.3, -0.25) is 9.00 Å². The lowest BCUT2D eigenvalue weighted by molar-refractivity contribution is -0.118. The van der Waals surface area contributed by atoms with Gasteiger partial charge in [0.05, 0.1) is 22.0 Å². The molecule has 2 aromatic carbocycles. The smallest absolute Gasteiger partial charge is 0.250 e. The molecule has 1 aromatic heterocycles. The maximum Gasteiger partial charge on any atom is 0.250 e. The first-order chi connectivity index (χ1) is 13.5. The Morgan fingerprint density at radius 1 is 1.25 bits per heavy atom. The van der Waals surface area contributed by atoms with Crippen LogP contribution in [0.15, 0.2) is 53.4 Å². The van der Waals surface area contributed by atoms with Gasteiger partial charge in [-0.2, -0.15) is 0 Å². The van der Waals surface area contributed by atoms with Crippen molar-refractivity contribution in [1.29, 1.82) is 0 Å². The summed E-state index contributed by atoms with van der Waals surface area (Å²) in [7, 11) is -1.05. The number of fused-ring (bicyclic) bond motifs is 2. The minimum absolute atomic E-state index is 0.470. The number of aryl methyl sites for hydroxylation is 1. The Hall–Kier alpha value is -2.77. The third kappa shape index (κ3) is 3.63. The average molecular weight is 395 g/mol. The summed E-state index contributed by atoms with van der Waals surface area (Å²) in [4.78, 5) is 19.6. The molecule has 1 atom stereocenters. The molecule has 2 heterocycles. The fourth-order valence-electron chi connectivity index (χ4n) is 3.42. The van der Waals surface area contributed by atoms with Gasteiger partial charge in [0.25, 0.3) is 0 Å². The summed E-state index contributed by atoms with van der Waals surface area (Å²) in [5, 5.41) is 12.7. The molecule has 0 saturated heterocycles. The Morgan fingerprint density at radius 2 is 2.07 bits per heavy atom. The van der Waals surface area contributed by atoms with Gasteiger partial charge in [0.1, 0.15) is 12.4 Å². The monoisotopic (exact) mass is 395 g/mol. The zero-order valence-corrected chi connectivity index (χ0v) is 16.3. The molecule has 0 aliphatic carbocycles. The summed E-state index contributed by atoms with van der Waals surface area (Å²) in [6.45, 7) is 2.59. The highest BCUT2D eigenvalue weighted by atomic mass is 32.2. The summed E-state index contributed by atoms with van der Waals surface area (Å²) in [5.74, 6) is 0.753. The van der Waals surface area contributed by atoms with Crippen LogP contribution >= 0.6 is 0 Å². The number of aliphatic hydroxyl groups excluding tert-OH is 1. The second-order valence-corrected chi connectivity index (χ2v) is 8.37. The first-order valence-electron chi connectivity index (χ1n) is 9.08. The summed E-state index contributed by atoms with van der Waals surface area (Å²) in [5.41, 5.74) is 3.45. The van der Waals surface area contributed by atoms with Crippen LogP contribution in [0.3, 0.4) is 0 Å². The summed E-state index contributed by atoms with van der Waals surface area (Å²) >= 11 is 0. The van der Waals surface area contributed by atoms with Gasteiger partial charge in [-0.1, -0.05) is 29.8 Å². The second kappa shape index (κ2) is 7.69. The maximum absolute atomic E-state index is 12.6. The third-order valence-corrected chi connectivity index (χ3v) is 6.26. The van der Waals surface area contributed by atoms with Crippen LogP contribution < -0.4 is 10.2 Å². The molecule has 0 bridgehead atoms. The van der Waals surface area contributed by atoms with Crippen LogP contribution in [0.25, 0.3) is 10.9 Å². The molecule has 4 rings (SSSR count). The highest BCUT2D eigenvalue weighted by molar-refractivity contribution is 7.85. The molecule has 144 valence electrons. The van der Waals surface area contributed by atoms with Crippen molar-refractivity contribution in [3.63, 3.8) is 0 Å². The Balaban J connectivity index is 1.79. The van der Waals surface area contributed by atoms with Gasteiger partial charge >= 0.3 is 0 Å². The van der Waals surface area contributed by atoms with Crippen LogP contribution in [0.1, 0.15) is 11.1 Å². The largest absolute Gasteiger partial charge is 0.387 e. The first-order valence-corrected chi connectivity index (χ1v) is 10.4. The number of aliphatic hydroxyl groups is 1. The van der Waals surface area contributed by atoms with Gasteiger partial charge in [0, 0.05) is 35.2 Å². The zero-order valence-electron chi connectivity index (χ0n) is 15.5. The van der Waals surface area contributed by atoms with E-state index in [0.29, 0.717) is 30.3 Å². The van der Waals surface area contributed by atoms with E-state index in [1.807, 2.05) is 55.5 Å². The van der Waals surface area contributed by atoms with Crippen molar-refractivity contribution in [2.24, 2.45) is 0 Å². The second-order valence-electron chi connectivity index (χ2n) is 6.83.